The van der Waals surface area contributed by atoms with Gasteiger partial charge in [-0.25, -0.2) is 8.42 Å². The Labute approximate surface area is 151 Å². The summed E-state index contributed by atoms with van der Waals surface area (Å²) in [6.07, 6.45) is 0. The quantitative estimate of drug-likeness (QED) is 0.761. The molecule has 9 heteroatoms. The van der Waals surface area contributed by atoms with E-state index in [1.165, 1.54) is 50.4 Å². The van der Waals surface area contributed by atoms with E-state index >= 15 is 0 Å². The minimum atomic E-state index is -4.14. The molecule has 0 aliphatic carbocycles. The number of carboxylic acid groups (broad SMARTS) is 1. The van der Waals surface area contributed by atoms with Gasteiger partial charge in [0, 0.05) is 18.7 Å². The fourth-order valence-electron chi connectivity index (χ4n) is 2.24. The molecule has 0 saturated carbocycles. The van der Waals surface area contributed by atoms with Crippen LogP contribution >= 0.6 is 0 Å². The summed E-state index contributed by atoms with van der Waals surface area (Å²) in [5, 5.41) is 11.7. The van der Waals surface area contributed by atoms with Crippen LogP contribution in [0.15, 0.2) is 53.4 Å². The van der Waals surface area contributed by atoms with Gasteiger partial charge in [0.05, 0.1) is 17.7 Å². The van der Waals surface area contributed by atoms with Gasteiger partial charge >= 0.3 is 5.97 Å². The highest BCUT2D eigenvalue weighted by Gasteiger charge is 2.27. The number of ether oxygens (including phenoxy) is 1. The number of sulfonamides is 1. The summed E-state index contributed by atoms with van der Waals surface area (Å²) in [7, 11) is -2.71. The molecule has 0 fully saturated rings. The largest absolute Gasteiger partial charge is 0.497 e. The molecule has 0 aromatic heterocycles. The lowest BCUT2D eigenvalue weighted by Crippen LogP contribution is -2.35. The van der Waals surface area contributed by atoms with Crippen LogP contribution in [0.3, 0.4) is 0 Å². The van der Waals surface area contributed by atoms with Crippen molar-refractivity contribution in [2.75, 3.05) is 23.3 Å². The number of carboxylic acids is 1. The second-order valence-corrected chi connectivity index (χ2v) is 7.17. The maximum absolute atomic E-state index is 12.9. The first-order valence-electron chi connectivity index (χ1n) is 7.50. The molecule has 0 unspecified atom stereocenters. The number of amides is 1. The van der Waals surface area contributed by atoms with E-state index in [-0.39, 0.29) is 16.5 Å². The van der Waals surface area contributed by atoms with Crippen LogP contribution in [-0.4, -0.2) is 39.1 Å². The molecule has 138 valence electrons. The number of hydrogen-bond donors (Lipinski definition) is 2. The van der Waals surface area contributed by atoms with Crippen LogP contribution in [0.25, 0.3) is 0 Å². The summed E-state index contributed by atoms with van der Waals surface area (Å²) in [5.74, 6) is -1.19. The SMILES string of the molecule is COc1cccc(N(CC(=O)O)S(=O)(=O)c2ccc(NC(C)=O)cc2)c1. The van der Waals surface area contributed by atoms with Crippen LogP contribution in [0.4, 0.5) is 11.4 Å². The van der Waals surface area contributed by atoms with Gasteiger partial charge in [-0.2, -0.15) is 0 Å². The van der Waals surface area contributed by atoms with Crippen LogP contribution in [0.1, 0.15) is 6.92 Å². The number of nitrogens with zero attached hydrogens (tertiary/aromatic N) is 1. The van der Waals surface area contributed by atoms with Gasteiger partial charge in [-0.05, 0) is 36.4 Å². The first kappa shape index (κ1) is 19.3. The summed E-state index contributed by atoms with van der Waals surface area (Å²) in [6, 6.07) is 11.6. The number of anilines is 2. The van der Waals surface area contributed by atoms with E-state index in [4.69, 9.17) is 9.84 Å². The molecule has 0 radical (unpaired) electrons. The molecule has 0 aliphatic heterocycles. The Balaban J connectivity index is 2.45. The molecule has 0 heterocycles. The van der Waals surface area contributed by atoms with Gasteiger partial charge in [0.25, 0.3) is 10.0 Å². The standard InChI is InChI=1S/C17H18N2O6S/c1-12(20)18-13-6-8-16(9-7-13)26(23,24)19(11-17(21)22)14-4-3-5-15(10-14)25-2/h3-10H,11H2,1-2H3,(H,18,20)(H,21,22). The lowest BCUT2D eigenvalue weighted by Gasteiger charge is -2.23. The number of aliphatic carboxylic acids is 1. The Bertz CT molecular complexity index is 909. The van der Waals surface area contributed by atoms with Crippen molar-refractivity contribution in [1.82, 2.24) is 0 Å². The molecule has 1 amide bonds. The molecule has 0 bridgehead atoms. The van der Waals surface area contributed by atoms with Crippen molar-refractivity contribution in [3.8, 4) is 5.75 Å². The lowest BCUT2D eigenvalue weighted by molar-refractivity contribution is -0.135. The zero-order chi connectivity index (χ0) is 19.3. The molecule has 0 saturated heterocycles. The van der Waals surface area contributed by atoms with E-state index < -0.39 is 22.5 Å². The van der Waals surface area contributed by atoms with E-state index in [1.807, 2.05) is 0 Å². The second-order valence-electron chi connectivity index (χ2n) is 5.31. The fraction of sp³-hybridized carbons (Fsp3) is 0.176. The molecular weight excluding hydrogens is 360 g/mol. The van der Waals surface area contributed by atoms with Gasteiger partial charge in [-0.1, -0.05) is 6.07 Å². The first-order chi connectivity index (χ1) is 12.2. The number of methoxy groups -OCH3 is 1. The Kier molecular flexibility index (Phi) is 5.83. The van der Waals surface area contributed by atoms with Crippen molar-refractivity contribution in [3.63, 3.8) is 0 Å². The number of benzene rings is 2. The normalized spacial score (nSPS) is 10.8. The zero-order valence-electron chi connectivity index (χ0n) is 14.2. The number of carbonyl (C=O) groups excluding carboxylic acids is 1. The third-order valence-electron chi connectivity index (χ3n) is 3.38. The number of rotatable bonds is 7. The van der Waals surface area contributed by atoms with Crippen molar-refractivity contribution in [2.45, 2.75) is 11.8 Å². The van der Waals surface area contributed by atoms with Crippen LogP contribution in [0.2, 0.25) is 0 Å². The zero-order valence-corrected chi connectivity index (χ0v) is 15.0. The number of carbonyl (C=O) groups is 2. The summed E-state index contributed by atoms with van der Waals surface area (Å²) >= 11 is 0. The van der Waals surface area contributed by atoms with Crippen molar-refractivity contribution < 1.29 is 27.9 Å². The third-order valence-corrected chi connectivity index (χ3v) is 5.17. The molecule has 0 spiro atoms. The van der Waals surface area contributed by atoms with Crippen molar-refractivity contribution in [3.05, 3.63) is 48.5 Å². The summed E-state index contributed by atoms with van der Waals surface area (Å²) < 4.78 is 31.7. The molecule has 2 rings (SSSR count). The second kappa shape index (κ2) is 7.87. The van der Waals surface area contributed by atoms with Gasteiger partial charge in [-0.15, -0.1) is 0 Å². The van der Waals surface area contributed by atoms with Crippen molar-refractivity contribution >= 4 is 33.3 Å². The molecule has 2 N–H and O–H groups in total. The monoisotopic (exact) mass is 378 g/mol. The Morgan fingerprint density at radius 1 is 1.15 bits per heavy atom. The van der Waals surface area contributed by atoms with Gasteiger partial charge in [0.2, 0.25) is 5.91 Å². The highest BCUT2D eigenvalue weighted by molar-refractivity contribution is 7.92. The summed E-state index contributed by atoms with van der Waals surface area (Å²) in [6.45, 7) is 0.588. The summed E-state index contributed by atoms with van der Waals surface area (Å²) in [4.78, 5) is 22.2. The highest BCUT2D eigenvalue weighted by atomic mass is 32.2. The fourth-order valence-corrected chi connectivity index (χ4v) is 3.65. The predicted molar refractivity (Wildman–Crippen MR) is 95.9 cm³/mol. The molecular formula is C17H18N2O6S. The Morgan fingerprint density at radius 2 is 1.81 bits per heavy atom. The molecule has 2 aromatic rings. The van der Waals surface area contributed by atoms with Gasteiger partial charge in [0.15, 0.2) is 0 Å². The van der Waals surface area contributed by atoms with Crippen LogP contribution in [-0.2, 0) is 19.6 Å². The Morgan fingerprint density at radius 3 is 2.35 bits per heavy atom. The van der Waals surface area contributed by atoms with Crippen molar-refractivity contribution in [2.24, 2.45) is 0 Å². The minimum absolute atomic E-state index is 0.101. The van der Waals surface area contributed by atoms with E-state index in [1.54, 1.807) is 12.1 Å². The number of nitrogens with one attached hydrogen (secondary N) is 1. The van der Waals surface area contributed by atoms with E-state index in [9.17, 15) is 18.0 Å². The first-order valence-corrected chi connectivity index (χ1v) is 8.94. The van der Waals surface area contributed by atoms with Crippen LogP contribution < -0.4 is 14.4 Å². The van der Waals surface area contributed by atoms with Crippen LogP contribution in [0.5, 0.6) is 5.75 Å². The van der Waals surface area contributed by atoms with Gasteiger partial charge in [-0.3, -0.25) is 13.9 Å². The molecule has 8 nitrogen and oxygen atoms in total. The van der Waals surface area contributed by atoms with E-state index in [0.717, 1.165) is 4.31 Å². The van der Waals surface area contributed by atoms with E-state index in [0.29, 0.717) is 11.4 Å². The summed E-state index contributed by atoms with van der Waals surface area (Å²) in [5.41, 5.74) is 0.598. The van der Waals surface area contributed by atoms with Crippen LogP contribution in [0, 0.1) is 0 Å². The minimum Gasteiger partial charge on any atom is -0.497 e. The van der Waals surface area contributed by atoms with Gasteiger partial charge < -0.3 is 15.2 Å². The topological polar surface area (TPSA) is 113 Å². The smallest absolute Gasteiger partial charge is 0.324 e. The number of hydrogen-bond acceptors (Lipinski definition) is 5. The molecule has 0 aliphatic rings. The Hall–Kier alpha value is -3.07. The van der Waals surface area contributed by atoms with E-state index in [2.05, 4.69) is 5.32 Å². The molecule has 0 atom stereocenters. The average Bonchev–Trinajstić information content (AvgIpc) is 2.59. The van der Waals surface area contributed by atoms with Crippen molar-refractivity contribution in [1.29, 1.82) is 0 Å². The maximum Gasteiger partial charge on any atom is 0.324 e. The average molecular weight is 378 g/mol. The maximum atomic E-state index is 12.9. The predicted octanol–water partition coefficient (Wildman–Crippen LogP) is 1.93. The molecule has 2 aromatic carbocycles. The lowest BCUT2D eigenvalue weighted by atomic mass is 10.3. The van der Waals surface area contributed by atoms with Gasteiger partial charge in [0.1, 0.15) is 12.3 Å². The third kappa shape index (κ3) is 4.51. The highest BCUT2D eigenvalue weighted by Crippen LogP contribution is 2.27. The molecule has 26 heavy (non-hydrogen) atoms.